The van der Waals surface area contributed by atoms with Gasteiger partial charge in [-0.1, -0.05) is 12.2 Å². The number of thiophene rings is 1. The molecular formula is C15H15FN2S2. The minimum Gasteiger partial charge on any atom is -0.389 e. The van der Waals surface area contributed by atoms with Gasteiger partial charge < -0.3 is 5.73 Å². The Bertz CT molecular complexity index is 651. The Labute approximate surface area is 127 Å². The summed E-state index contributed by atoms with van der Waals surface area (Å²) in [5, 5.41) is 2.14. The maximum atomic E-state index is 13.6. The fraction of sp³-hybridized carbons (Fsp3) is 0.267. The quantitative estimate of drug-likeness (QED) is 0.884. The van der Waals surface area contributed by atoms with Crippen molar-refractivity contribution in [1.29, 1.82) is 0 Å². The summed E-state index contributed by atoms with van der Waals surface area (Å²) in [5.41, 5.74) is 8.51. The molecule has 5 heteroatoms. The molecule has 1 aliphatic heterocycles. The van der Waals surface area contributed by atoms with Gasteiger partial charge >= 0.3 is 0 Å². The smallest absolute Gasteiger partial charge is 0.124 e. The average Bonchev–Trinajstić information content (AvgIpc) is 2.85. The van der Waals surface area contributed by atoms with E-state index in [4.69, 9.17) is 18.0 Å². The van der Waals surface area contributed by atoms with Gasteiger partial charge in [0.2, 0.25) is 0 Å². The van der Waals surface area contributed by atoms with E-state index in [0.29, 0.717) is 5.56 Å². The predicted molar refractivity (Wildman–Crippen MR) is 84.4 cm³/mol. The van der Waals surface area contributed by atoms with Gasteiger partial charge in [-0.25, -0.2) is 4.39 Å². The van der Waals surface area contributed by atoms with Gasteiger partial charge in [-0.2, -0.15) is 0 Å². The number of nitrogens with zero attached hydrogens (tertiary/aromatic N) is 1. The molecule has 20 heavy (non-hydrogen) atoms. The molecule has 1 aromatic carbocycles. The first-order valence-electron chi connectivity index (χ1n) is 6.49. The Morgan fingerprint density at radius 2 is 2.25 bits per heavy atom. The summed E-state index contributed by atoms with van der Waals surface area (Å²) < 4.78 is 13.6. The van der Waals surface area contributed by atoms with Crippen LogP contribution in [-0.4, -0.2) is 16.4 Å². The van der Waals surface area contributed by atoms with Crippen molar-refractivity contribution in [2.24, 2.45) is 5.73 Å². The lowest BCUT2D eigenvalue weighted by Crippen LogP contribution is -2.29. The molecule has 0 bridgehead atoms. The molecule has 0 fully saturated rings. The summed E-state index contributed by atoms with van der Waals surface area (Å²) in [6.07, 6.45) is 1.07. The zero-order valence-electron chi connectivity index (χ0n) is 10.9. The molecule has 0 radical (unpaired) electrons. The van der Waals surface area contributed by atoms with Crippen molar-refractivity contribution >= 4 is 28.5 Å². The molecule has 3 rings (SSSR count). The highest BCUT2D eigenvalue weighted by molar-refractivity contribution is 7.80. The molecule has 0 saturated heterocycles. The van der Waals surface area contributed by atoms with E-state index in [1.54, 1.807) is 6.07 Å². The Kier molecular flexibility index (Phi) is 3.83. The largest absolute Gasteiger partial charge is 0.389 e. The topological polar surface area (TPSA) is 29.3 Å². The molecule has 0 saturated carbocycles. The fourth-order valence-corrected chi connectivity index (χ4v) is 3.59. The van der Waals surface area contributed by atoms with Crippen LogP contribution in [0.4, 0.5) is 4.39 Å². The van der Waals surface area contributed by atoms with Crippen LogP contribution < -0.4 is 5.73 Å². The van der Waals surface area contributed by atoms with Crippen molar-refractivity contribution in [2.75, 3.05) is 6.54 Å². The van der Waals surface area contributed by atoms with Gasteiger partial charge in [-0.15, -0.1) is 11.3 Å². The van der Waals surface area contributed by atoms with Crippen LogP contribution in [0.1, 0.15) is 21.6 Å². The van der Waals surface area contributed by atoms with Gasteiger partial charge in [0, 0.05) is 30.1 Å². The lowest BCUT2D eigenvalue weighted by atomic mass is 10.1. The summed E-state index contributed by atoms with van der Waals surface area (Å²) in [6, 6.07) is 7.01. The highest BCUT2D eigenvalue weighted by Gasteiger charge is 2.17. The summed E-state index contributed by atoms with van der Waals surface area (Å²) >= 11 is 6.75. The second-order valence-corrected chi connectivity index (χ2v) is 6.48. The Hall–Kier alpha value is -1.30. The summed E-state index contributed by atoms with van der Waals surface area (Å²) in [4.78, 5) is 4.04. The van der Waals surface area contributed by atoms with Crippen molar-refractivity contribution in [3.63, 3.8) is 0 Å². The first-order chi connectivity index (χ1) is 9.61. The van der Waals surface area contributed by atoms with Crippen LogP contribution >= 0.6 is 23.6 Å². The first kappa shape index (κ1) is 13.7. The van der Waals surface area contributed by atoms with Crippen LogP contribution in [0, 0.1) is 5.82 Å². The molecule has 0 atom stereocenters. The van der Waals surface area contributed by atoms with Crippen LogP contribution in [0.15, 0.2) is 29.6 Å². The van der Waals surface area contributed by atoms with Crippen LogP contribution in [0.3, 0.4) is 0 Å². The number of hydrogen-bond acceptors (Lipinski definition) is 3. The maximum absolute atomic E-state index is 13.6. The molecular weight excluding hydrogens is 291 g/mol. The Balaban J connectivity index is 1.77. The van der Waals surface area contributed by atoms with Crippen LogP contribution in [0.2, 0.25) is 0 Å². The maximum Gasteiger partial charge on any atom is 0.124 e. The highest BCUT2D eigenvalue weighted by atomic mass is 32.1. The summed E-state index contributed by atoms with van der Waals surface area (Å²) in [5.74, 6) is -0.279. The van der Waals surface area contributed by atoms with Crippen LogP contribution in [-0.2, 0) is 19.5 Å². The average molecular weight is 306 g/mol. The molecule has 2 N–H and O–H groups in total. The van der Waals surface area contributed by atoms with Gasteiger partial charge in [0.25, 0.3) is 0 Å². The van der Waals surface area contributed by atoms with Crippen molar-refractivity contribution in [3.05, 3.63) is 57.0 Å². The summed E-state index contributed by atoms with van der Waals surface area (Å²) in [7, 11) is 0. The van der Waals surface area contributed by atoms with E-state index >= 15 is 0 Å². The minimum atomic E-state index is -0.279. The number of fused-ring (bicyclic) bond motifs is 1. The normalized spacial score (nSPS) is 15.1. The molecule has 1 aromatic heterocycles. The Morgan fingerprint density at radius 1 is 1.40 bits per heavy atom. The predicted octanol–water partition coefficient (Wildman–Crippen LogP) is 3.08. The standard InChI is InChI=1S/C15H15FN2S2/c16-13-6-10(5-12(7-13)15(17)19)8-18-3-1-14-11(9-18)2-4-20-14/h2,4-7H,1,3,8-9H2,(H2,17,19). The third-order valence-electron chi connectivity index (χ3n) is 3.53. The number of hydrogen-bond donors (Lipinski definition) is 1. The molecule has 0 spiro atoms. The van der Waals surface area contributed by atoms with E-state index in [9.17, 15) is 4.39 Å². The molecule has 2 aromatic rings. The molecule has 0 aliphatic carbocycles. The zero-order valence-corrected chi connectivity index (χ0v) is 12.6. The van der Waals surface area contributed by atoms with E-state index in [1.165, 1.54) is 16.5 Å². The van der Waals surface area contributed by atoms with E-state index in [0.717, 1.165) is 31.6 Å². The SMILES string of the molecule is NC(=S)c1cc(F)cc(CN2CCc3sccc3C2)c1. The zero-order chi connectivity index (χ0) is 14.1. The molecule has 2 nitrogen and oxygen atoms in total. The number of nitrogens with two attached hydrogens (primary N) is 1. The highest BCUT2D eigenvalue weighted by Crippen LogP contribution is 2.25. The monoisotopic (exact) mass is 306 g/mol. The van der Waals surface area contributed by atoms with E-state index in [1.807, 2.05) is 17.4 Å². The van der Waals surface area contributed by atoms with E-state index in [2.05, 4.69) is 16.3 Å². The second-order valence-electron chi connectivity index (χ2n) is 5.04. The van der Waals surface area contributed by atoms with Crippen LogP contribution in [0.25, 0.3) is 0 Å². The molecule has 1 aliphatic rings. The molecule has 0 amide bonds. The summed E-state index contributed by atoms with van der Waals surface area (Å²) in [6.45, 7) is 2.66. The van der Waals surface area contributed by atoms with Crippen molar-refractivity contribution in [2.45, 2.75) is 19.5 Å². The van der Waals surface area contributed by atoms with Crippen molar-refractivity contribution < 1.29 is 4.39 Å². The second kappa shape index (κ2) is 5.60. The molecule has 0 unspecified atom stereocenters. The number of benzene rings is 1. The lowest BCUT2D eigenvalue weighted by Gasteiger charge is -2.27. The van der Waals surface area contributed by atoms with Crippen molar-refractivity contribution in [1.82, 2.24) is 4.90 Å². The van der Waals surface area contributed by atoms with Gasteiger partial charge in [0.05, 0.1) is 0 Å². The van der Waals surface area contributed by atoms with Crippen LogP contribution in [0.5, 0.6) is 0 Å². The lowest BCUT2D eigenvalue weighted by molar-refractivity contribution is 0.247. The molecule has 104 valence electrons. The van der Waals surface area contributed by atoms with E-state index in [-0.39, 0.29) is 10.8 Å². The third-order valence-corrected chi connectivity index (χ3v) is 4.79. The Morgan fingerprint density at radius 3 is 3.05 bits per heavy atom. The third kappa shape index (κ3) is 2.90. The number of thiocarbonyl (C=S) groups is 1. The fourth-order valence-electron chi connectivity index (χ4n) is 2.58. The van der Waals surface area contributed by atoms with Gasteiger partial charge in [0.15, 0.2) is 0 Å². The van der Waals surface area contributed by atoms with Crippen molar-refractivity contribution in [3.8, 4) is 0 Å². The van der Waals surface area contributed by atoms with Gasteiger partial charge in [-0.05, 0) is 47.2 Å². The first-order valence-corrected chi connectivity index (χ1v) is 7.77. The van der Waals surface area contributed by atoms with Gasteiger partial charge in [-0.3, -0.25) is 4.90 Å². The minimum absolute atomic E-state index is 0.240. The molecule has 2 heterocycles. The number of halogens is 1. The van der Waals surface area contributed by atoms with E-state index < -0.39 is 0 Å². The van der Waals surface area contributed by atoms with Gasteiger partial charge in [0.1, 0.15) is 10.8 Å². The number of rotatable bonds is 3.